The van der Waals surface area contributed by atoms with Gasteiger partial charge in [0.25, 0.3) is 5.91 Å². The van der Waals surface area contributed by atoms with Gasteiger partial charge in [-0.05, 0) is 23.8 Å². The van der Waals surface area contributed by atoms with E-state index in [4.69, 9.17) is 10.5 Å². The van der Waals surface area contributed by atoms with Crippen LogP contribution in [0.15, 0.2) is 24.3 Å². The van der Waals surface area contributed by atoms with Crippen LogP contribution < -0.4 is 5.73 Å². The second-order valence-corrected chi connectivity index (χ2v) is 5.66. The molecule has 1 aromatic carbocycles. The lowest BCUT2D eigenvalue weighted by molar-refractivity contribution is 0.0162. The summed E-state index contributed by atoms with van der Waals surface area (Å²) in [7, 11) is 3.34. The van der Waals surface area contributed by atoms with E-state index >= 15 is 0 Å². The van der Waals surface area contributed by atoms with Crippen LogP contribution in [0.5, 0.6) is 0 Å². The number of piperidine rings is 1. The van der Waals surface area contributed by atoms with Crippen molar-refractivity contribution in [3.05, 3.63) is 29.8 Å². The number of tetrazole rings is 1. The van der Waals surface area contributed by atoms with E-state index in [0.29, 0.717) is 24.5 Å². The summed E-state index contributed by atoms with van der Waals surface area (Å²) in [6.07, 6.45) is 0.627. The van der Waals surface area contributed by atoms with Crippen molar-refractivity contribution in [1.82, 2.24) is 25.1 Å². The molecular weight excluding hydrogens is 296 g/mol. The molecule has 8 nitrogen and oxygen atoms in total. The van der Waals surface area contributed by atoms with Crippen molar-refractivity contribution in [2.75, 3.05) is 20.2 Å². The fourth-order valence-corrected chi connectivity index (χ4v) is 2.71. The average molecular weight is 316 g/mol. The number of ether oxygens (including phenoxy) is 1. The van der Waals surface area contributed by atoms with Gasteiger partial charge in [-0.15, -0.1) is 10.2 Å². The fourth-order valence-electron chi connectivity index (χ4n) is 2.71. The standard InChI is InChI=1S/C15H20N6O2/c1-20-18-14(17-19-20)10-3-5-11(6-4-10)15(22)21-8-7-12(16)13(9-21)23-2/h3-6,12-13H,7-9,16H2,1-2H3/t12-,13+/m1/s1. The summed E-state index contributed by atoms with van der Waals surface area (Å²) in [4.78, 5) is 15.8. The highest BCUT2D eigenvalue weighted by atomic mass is 16.5. The number of hydrogen-bond donors (Lipinski definition) is 1. The van der Waals surface area contributed by atoms with E-state index in [1.165, 1.54) is 4.80 Å². The number of amides is 1. The molecule has 0 spiro atoms. The Morgan fingerprint density at radius 2 is 2.09 bits per heavy atom. The van der Waals surface area contributed by atoms with Crippen LogP contribution >= 0.6 is 0 Å². The van der Waals surface area contributed by atoms with E-state index in [2.05, 4.69) is 15.4 Å². The molecule has 23 heavy (non-hydrogen) atoms. The van der Waals surface area contributed by atoms with Gasteiger partial charge < -0.3 is 15.4 Å². The lowest BCUT2D eigenvalue weighted by Gasteiger charge is -2.36. The lowest BCUT2D eigenvalue weighted by Crippen LogP contribution is -2.53. The second-order valence-electron chi connectivity index (χ2n) is 5.66. The molecule has 1 amide bonds. The minimum atomic E-state index is -0.115. The smallest absolute Gasteiger partial charge is 0.253 e. The Labute approximate surface area is 134 Å². The van der Waals surface area contributed by atoms with Gasteiger partial charge in [-0.25, -0.2) is 0 Å². The van der Waals surface area contributed by atoms with Gasteiger partial charge in [0.15, 0.2) is 0 Å². The number of nitrogens with two attached hydrogens (primary N) is 1. The molecule has 1 aliphatic rings. The fraction of sp³-hybridized carbons (Fsp3) is 0.467. The minimum Gasteiger partial charge on any atom is -0.378 e. The second kappa shape index (κ2) is 6.43. The number of carbonyl (C=O) groups is 1. The molecule has 2 N–H and O–H groups in total. The summed E-state index contributed by atoms with van der Waals surface area (Å²) in [6.45, 7) is 1.16. The topological polar surface area (TPSA) is 99.2 Å². The Kier molecular flexibility index (Phi) is 4.35. The Morgan fingerprint density at radius 1 is 1.35 bits per heavy atom. The van der Waals surface area contributed by atoms with Crippen LogP contribution in [0.1, 0.15) is 16.8 Å². The maximum atomic E-state index is 12.6. The predicted octanol–water partition coefficient (Wildman–Crippen LogP) is 0.0653. The van der Waals surface area contributed by atoms with Gasteiger partial charge in [0.05, 0.1) is 13.2 Å². The molecule has 3 rings (SSSR count). The summed E-state index contributed by atoms with van der Waals surface area (Å²) >= 11 is 0. The molecule has 1 fully saturated rings. The van der Waals surface area contributed by atoms with Crippen molar-refractivity contribution in [1.29, 1.82) is 0 Å². The van der Waals surface area contributed by atoms with E-state index < -0.39 is 0 Å². The van der Waals surface area contributed by atoms with Gasteiger partial charge in [-0.3, -0.25) is 4.79 Å². The van der Waals surface area contributed by atoms with Crippen LogP contribution in [-0.4, -0.2) is 63.4 Å². The molecule has 2 aromatic rings. The number of aryl methyl sites for hydroxylation is 1. The first-order chi connectivity index (χ1) is 11.1. The van der Waals surface area contributed by atoms with E-state index in [1.807, 2.05) is 12.1 Å². The largest absolute Gasteiger partial charge is 0.378 e. The normalized spacial score (nSPS) is 21.4. The number of hydrogen-bond acceptors (Lipinski definition) is 6. The number of carbonyl (C=O) groups excluding carboxylic acids is 1. The molecule has 0 radical (unpaired) electrons. The Morgan fingerprint density at radius 3 is 2.70 bits per heavy atom. The summed E-state index contributed by atoms with van der Waals surface area (Å²) in [5.74, 6) is 0.521. The number of rotatable bonds is 3. The number of methoxy groups -OCH3 is 1. The van der Waals surface area contributed by atoms with Gasteiger partial charge in [-0.1, -0.05) is 12.1 Å². The lowest BCUT2D eigenvalue weighted by atomic mass is 10.0. The summed E-state index contributed by atoms with van der Waals surface area (Å²) in [5.41, 5.74) is 7.44. The van der Waals surface area contributed by atoms with Crippen molar-refractivity contribution in [3.8, 4) is 11.4 Å². The van der Waals surface area contributed by atoms with Crippen molar-refractivity contribution in [2.24, 2.45) is 12.8 Å². The first-order valence-corrected chi connectivity index (χ1v) is 7.50. The van der Waals surface area contributed by atoms with E-state index in [9.17, 15) is 4.79 Å². The molecule has 1 aliphatic heterocycles. The summed E-state index contributed by atoms with van der Waals surface area (Å²) in [6, 6.07) is 7.20. The molecule has 0 bridgehead atoms. The zero-order valence-electron chi connectivity index (χ0n) is 13.2. The third kappa shape index (κ3) is 3.22. The zero-order valence-corrected chi connectivity index (χ0v) is 13.2. The van der Waals surface area contributed by atoms with Crippen LogP contribution in [0.4, 0.5) is 0 Å². The summed E-state index contributed by atoms with van der Waals surface area (Å²) in [5, 5.41) is 11.9. The number of benzene rings is 1. The highest BCUT2D eigenvalue weighted by Gasteiger charge is 2.29. The molecule has 0 aliphatic carbocycles. The first kappa shape index (κ1) is 15.6. The first-order valence-electron chi connectivity index (χ1n) is 7.50. The average Bonchev–Trinajstić information content (AvgIpc) is 3.01. The highest BCUT2D eigenvalue weighted by molar-refractivity contribution is 5.94. The number of likely N-dealkylation sites (tertiary alicyclic amines) is 1. The maximum absolute atomic E-state index is 12.6. The van der Waals surface area contributed by atoms with Crippen LogP contribution in [0, 0.1) is 0 Å². The molecule has 0 saturated carbocycles. The quantitative estimate of drug-likeness (QED) is 0.860. The third-order valence-corrected chi connectivity index (χ3v) is 4.10. The van der Waals surface area contributed by atoms with Crippen molar-refractivity contribution >= 4 is 5.91 Å². The molecule has 2 atom stereocenters. The minimum absolute atomic E-state index is 0.0161. The Bertz CT molecular complexity index is 684. The molecular formula is C15H20N6O2. The van der Waals surface area contributed by atoms with Gasteiger partial charge in [0, 0.05) is 37.4 Å². The maximum Gasteiger partial charge on any atom is 0.253 e. The molecule has 122 valence electrons. The van der Waals surface area contributed by atoms with Crippen molar-refractivity contribution in [2.45, 2.75) is 18.6 Å². The SMILES string of the molecule is CO[C@H]1CN(C(=O)c2ccc(-c3nnn(C)n3)cc2)CC[C@H]1N. The monoisotopic (exact) mass is 316 g/mol. The Hall–Kier alpha value is -2.32. The molecule has 1 aromatic heterocycles. The number of nitrogens with zero attached hydrogens (tertiary/aromatic N) is 5. The highest BCUT2D eigenvalue weighted by Crippen LogP contribution is 2.18. The third-order valence-electron chi connectivity index (χ3n) is 4.10. The van der Waals surface area contributed by atoms with E-state index in [-0.39, 0.29) is 18.1 Å². The molecule has 8 heteroatoms. The summed E-state index contributed by atoms with van der Waals surface area (Å²) < 4.78 is 5.35. The zero-order chi connectivity index (χ0) is 16.4. The van der Waals surface area contributed by atoms with Crippen LogP contribution in [-0.2, 0) is 11.8 Å². The van der Waals surface area contributed by atoms with Crippen LogP contribution in [0.25, 0.3) is 11.4 Å². The number of aromatic nitrogens is 4. The Balaban J connectivity index is 1.73. The predicted molar refractivity (Wildman–Crippen MR) is 83.5 cm³/mol. The van der Waals surface area contributed by atoms with Gasteiger partial charge in [0.2, 0.25) is 5.82 Å². The molecule has 0 unspecified atom stereocenters. The van der Waals surface area contributed by atoms with E-state index in [1.54, 1.807) is 31.2 Å². The van der Waals surface area contributed by atoms with Crippen LogP contribution in [0.2, 0.25) is 0 Å². The molecule has 2 heterocycles. The van der Waals surface area contributed by atoms with Gasteiger partial charge >= 0.3 is 0 Å². The van der Waals surface area contributed by atoms with Gasteiger partial charge in [0.1, 0.15) is 0 Å². The van der Waals surface area contributed by atoms with Crippen molar-refractivity contribution in [3.63, 3.8) is 0 Å². The van der Waals surface area contributed by atoms with Gasteiger partial charge in [-0.2, -0.15) is 4.80 Å². The van der Waals surface area contributed by atoms with Crippen molar-refractivity contribution < 1.29 is 9.53 Å². The van der Waals surface area contributed by atoms with E-state index in [0.717, 1.165) is 12.0 Å². The molecule has 1 saturated heterocycles. The van der Waals surface area contributed by atoms with Crippen LogP contribution in [0.3, 0.4) is 0 Å².